The molecule has 0 bridgehead atoms. The van der Waals surface area contributed by atoms with Crippen LogP contribution >= 0.6 is 0 Å². The number of methoxy groups -OCH3 is 1. The monoisotopic (exact) mass is 351 g/mol. The van der Waals surface area contributed by atoms with E-state index in [0.717, 1.165) is 23.2 Å². The SMILES string of the molecule is COC(=O)[C@@](C)(CCn1nnc(-c2ccccc2)c1C)S(C)(=O)=O. The fourth-order valence-electron chi connectivity index (χ4n) is 2.41. The second kappa shape index (κ2) is 6.72. The maximum Gasteiger partial charge on any atom is 0.326 e. The van der Waals surface area contributed by atoms with Crippen LogP contribution in [0.15, 0.2) is 30.3 Å². The van der Waals surface area contributed by atoms with Gasteiger partial charge in [0, 0.05) is 18.4 Å². The van der Waals surface area contributed by atoms with E-state index in [9.17, 15) is 13.2 Å². The van der Waals surface area contributed by atoms with E-state index in [1.807, 2.05) is 37.3 Å². The maximum absolute atomic E-state index is 12.0. The summed E-state index contributed by atoms with van der Waals surface area (Å²) in [6.07, 6.45) is 1.09. The van der Waals surface area contributed by atoms with Gasteiger partial charge in [-0.25, -0.2) is 13.1 Å². The van der Waals surface area contributed by atoms with Gasteiger partial charge in [0.2, 0.25) is 0 Å². The Morgan fingerprint density at radius 1 is 1.29 bits per heavy atom. The predicted molar refractivity (Wildman–Crippen MR) is 90.1 cm³/mol. The van der Waals surface area contributed by atoms with Crippen LogP contribution in [-0.4, -0.2) is 47.5 Å². The summed E-state index contributed by atoms with van der Waals surface area (Å²) in [5.74, 6) is -0.772. The number of aryl methyl sites for hydroxylation is 1. The molecule has 0 amide bonds. The first kappa shape index (κ1) is 18.1. The second-order valence-electron chi connectivity index (χ2n) is 5.86. The fourth-order valence-corrected chi connectivity index (χ4v) is 3.26. The van der Waals surface area contributed by atoms with E-state index >= 15 is 0 Å². The molecule has 1 atom stereocenters. The number of nitrogens with zero attached hydrogens (tertiary/aromatic N) is 3. The lowest BCUT2D eigenvalue weighted by atomic mass is 10.1. The molecule has 130 valence electrons. The summed E-state index contributed by atoms with van der Waals surface area (Å²) in [6, 6.07) is 9.58. The number of sulfone groups is 1. The fraction of sp³-hybridized carbons (Fsp3) is 0.438. The summed E-state index contributed by atoms with van der Waals surface area (Å²) in [4.78, 5) is 12.0. The Morgan fingerprint density at radius 2 is 1.92 bits per heavy atom. The summed E-state index contributed by atoms with van der Waals surface area (Å²) >= 11 is 0. The molecule has 1 heterocycles. The van der Waals surface area contributed by atoms with E-state index < -0.39 is 20.6 Å². The van der Waals surface area contributed by atoms with Crippen LogP contribution in [0.1, 0.15) is 19.0 Å². The molecule has 8 heteroatoms. The molecular weight excluding hydrogens is 330 g/mol. The Labute approximate surface area is 141 Å². The number of hydrogen-bond donors (Lipinski definition) is 0. The lowest BCUT2D eigenvalue weighted by Crippen LogP contribution is -2.44. The molecule has 7 nitrogen and oxygen atoms in total. The molecule has 0 unspecified atom stereocenters. The molecule has 0 spiro atoms. The molecule has 1 aromatic heterocycles. The highest BCUT2D eigenvalue weighted by Crippen LogP contribution is 2.25. The van der Waals surface area contributed by atoms with E-state index in [-0.39, 0.29) is 13.0 Å². The number of benzene rings is 1. The van der Waals surface area contributed by atoms with Crippen LogP contribution in [0.25, 0.3) is 11.3 Å². The number of hydrogen-bond acceptors (Lipinski definition) is 6. The van der Waals surface area contributed by atoms with Gasteiger partial charge in [-0.05, 0) is 20.3 Å². The molecule has 0 saturated carbocycles. The Balaban J connectivity index is 2.26. The van der Waals surface area contributed by atoms with Gasteiger partial charge in [0.05, 0.1) is 12.8 Å². The third-order valence-corrected chi connectivity index (χ3v) is 6.27. The smallest absolute Gasteiger partial charge is 0.326 e. The minimum absolute atomic E-state index is 0.0525. The first-order valence-corrected chi connectivity index (χ1v) is 9.33. The predicted octanol–water partition coefficient (Wildman–Crippen LogP) is 1.62. The molecule has 2 aromatic rings. The number of ether oxygens (including phenoxy) is 1. The standard InChI is InChI=1S/C16H21N3O4S/c1-12-14(13-8-6-5-7-9-13)17-18-19(12)11-10-16(2,15(20)23-3)24(4,21)22/h5-9H,10-11H2,1-4H3/t16-/m1/s1. The Bertz CT molecular complexity index is 830. The van der Waals surface area contributed by atoms with Crippen LogP contribution in [0.3, 0.4) is 0 Å². The lowest BCUT2D eigenvalue weighted by Gasteiger charge is -2.24. The van der Waals surface area contributed by atoms with Gasteiger partial charge < -0.3 is 4.74 Å². The molecule has 0 aliphatic heterocycles. The van der Waals surface area contributed by atoms with Crippen molar-refractivity contribution >= 4 is 15.8 Å². The zero-order valence-electron chi connectivity index (χ0n) is 14.2. The van der Waals surface area contributed by atoms with Crippen LogP contribution in [-0.2, 0) is 25.9 Å². The van der Waals surface area contributed by atoms with Crippen molar-refractivity contribution < 1.29 is 17.9 Å². The van der Waals surface area contributed by atoms with Crippen LogP contribution in [0, 0.1) is 6.92 Å². The Morgan fingerprint density at radius 3 is 2.46 bits per heavy atom. The summed E-state index contributed by atoms with van der Waals surface area (Å²) in [7, 11) is -2.46. The number of carbonyl (C=O) groups excluding carboxylic acids is 1. The molecule has 0 aliphatic carbocycles. The topological polar surface area (TPSA) is 91.2 Å². The van der Waals surface area contributed by atoms with Crippen molar-refractivity contribution in [3.8, 4) is 11.3 Å². The molecule has 0 N–H and O–H groups in total. The third kappa shape index (κ3) is 3.33. The average molecular weight is 351 g/mol. The van der Waals surface area contributed by atoms with Crippen molar-refractivity contribution in [2.75, 3.05) is 13.4 Å². The Hall–Kier alpha value is -2.22. The highest BCUT2D eigenvalue weighted by atomic mass is 32.2. The lowest BCUT2D eigenvalue weighted by molar-refractivity contribution is -0.143. The number of rotatable bonds is 6. The van der Waals surface area contributed by atoms with Gasteiger partial charge in [-0.3, -0.25) is 4.79 Å². The summed E-state index contributed by atoms with van der Waals surface area (Å²) in [5.41, 5.74) is 2.47. The van der Waals surface area contributed by atoms with Gasteiger partial charge in [-0.1, -0.05) is 35.5 Å². The summed E-state index contributed by atoms with van der Waals surface area (Å²) in [6.45, 7) is 3.47. The number of esters is 1. The van der Waals surface area contributed by atoms with Crippen molar-refractivity contribution in [1.29, 1.82) is 0 Å². The minimum Gasteiger partial charge on any atom is -0.468 e. The van der Waals surface area contributed by atoms with E-state index in [1.54, 1.807) is 4.68 Å². The number of aromatic nitrogens is 3. The van der Waals surface area contributed by atoms with Crippen LogP contribution in [0.2, 0.25) is 0 Å². The quantitative estimate of drug-likeness (QED) is 0.735. The maximum atomic E-state index is 12.0. The zero-order valence-corrected chi connectivity index (χ0v) is 15.0. The van der Waals surface area contributed by atoms with Gasteiger partial charge in [0.15, 0.2) is 14.6 Å². The molecule has 0 aliphatic rings. The first-order valence-electron chi connectivity index (χ1n) is 7.44. The van der Waals surface area contributed by atoms with Crippen LogP contribution in [0.4, 0.5) is 0 Å². The van der Waals surface area contributed by atoms with Crippen LogP contribution in [0.5, 0.6) is 0 Å². The number of carbonyl (C=O) groups is 1. The van der Waals surface area contributed by atoms with Crippen molar-refractivity contribution in [1.82, 2.24) is 15.0 Å². The molecule has 0 radical (unpaired) electrons. The van der Waals surface area contributed by atoms with Crippen molar-refractivity contribution in [2.24, 2.45) is 0 Å². The van der Waals surface area contributed by atoms with Crippen molar-refractivity contribution in [3.63, 3.8) is 0 Å². The highest BCUT2D eigenvalue weighted by molar-refractivity contribution is 7.92. The minimum atomic E-state index is -3.64. The zero-order chi connectivity index (χ0) is 18.0. The largest absolute Gasteiger partial charge is 0.468 e. The van der Waals surface area contributed by atoms with Gasteiger partial charge in [-0.15, -0.1) is 5.10 Å². The first-order chi connectivity index (χ1) is 11.2. The Kier molecular flexibility index (Phi) is 5.08. The van der Waals surface area contributed by atoms with E-state index in [2.05, 4.69) is 15.0 Å². The molecule has 0 fully saturated rings. The van der Waals surface area contributed by atoms with Crippen LogP contribution < -0.4 is 0 Å². The highest BCUT2D eigenvalue weighted by Gasteiger charge is 2.44. The van der Waals surface area contributed by atoms with E-state index in [1.165, 1.54) is 14.0 Å². The van der Waals surface area contributed by atoms with Crippen molar-refractivity contribution in [3.05, 3.63) is 36.0 Å². The van der Waals surface area contributed by atoms with Crippen molar-refractivity contribution in [2.45, 2.75) is 31.6 Å². The van der Waals surface area contributed by atoms with E-state index in [4.69, 9.17) is 0 Å². The van der Waals surface area contributed by atoms with Gasteiger partial charge in [0.1, 0.15) is 5.69 Å². The average Bonchev–Trinajstić information content (AvgIpc) is 2.92. The van der Waals surface area contributed by atoms with Gasteiger partial charge in [-0.2, -0.15) is 0 Å². The van der Waals surface area contributed by atoms with E-state index in [0.29, 0.717) is 0 Å². The molecule has 24 heavy (non-hydrogen) atoms. The normalized spacial score (nSPS) is 14.2. The van der Waals surface area contributed by atoms with Gasteiger partial charge in [0.25, 0.3) is 0 Å². The summed E-state index contributed by atoms with van der Waals surface area (Å²) < 4.78 is 28.7. The van der Waals surface area contributed by atoms with Gasteiger partial charge >= 0.3 is 5.97 Å². The molecule has 1 aromatic carbocycles. The molecule has 0 saturated heterocycles. The third-order valence-electron chi connectivity index (χ3n) is 4.27. The molecule has 2 rings (SSSR count). The summed E-state index contributed by atoms with van der Waals surface area (Å²) in [5, 5.41) is 8.24. The molecular formula is C16H21N3O4S. The second-order valence-corrected chi connectivity index (χ2v) is 8.30.